The van der Waals surface area contributed by atoms with Crippen molar-refractivity contribution in [2.75, 3.05) is 17.2 Å². The Kier molecular flexibility index (Phi) is 2.73. The van der Waals surface area contributed by atoms with E-state index >= 15 is 0 Å². The molecule has 1 heterocycles. The Morgan fingerprint density at radius 3 is 2.94 bits per heavy atom. The smallest absolute Gasteiger partial charge is 0.322 e. The summed E-state index contributed by atoms with van der Waals surface area (Å²) in [6.07, 6.45) is 0.936. The number of hydrogen-bond donors (Lipinski definition) is 2. The van der Waals surface area contributed by atoms with Crippen LogP contribution in [-0.2, 0) is 0 Å². The molecule has 1 aliphatic heterocycles. The molecule has 86 valence electrons. The maximum atomic E-state index is 11.8. The number of amides is 2. The predicted octanol–water partition coefficient (Wildman–Crippen LogP) is 2.27. The number of nitrogens with zero attached hydrogens (tertiary/aromatic N) is 1. The van der Waals surface area contributed by atoms with Gasteiger partial charge in [0.1, 0.15) is 0 Å². The number of nitrogens with one attached hydrogen (secondary N) is 1. The van der Waals surface area contributed by atoms with Crippen LogP contribution in [0.5, 0.6) is 0 Å². The van der Waals surface area contributed by atoms with Gasteiger partial charge in [0.2, 0.25) is 0 Å². The van der Waals surface area contributed by atoms with E-state index in [0.29, 0.717) is 0 Å². The molecule has 0 saturated heterocycles. The van der Waals surface area contributed by atoms with Crippen LogP contribution in [0.25, 0.3) is 0 Å². The fourth-order valence-electron chi connectivity index (χ4n) is 2.06. The molecule has 3 N–H and O–H groups in total. The molecule has 2 amide bonds. The number of fused-ring (bicyclic) bond motifs is 1. The first-order valence-electron chi connectivity index (χ1n) is 5.61. The van der Waals surface area contributed by atoms with E-state index in [1.54, 1.807) is 4.90 Å². The Hall–Kier alpha value is -1.71. The molecular weight excluding hydrogens is 202 g/mol. The van der Waals surface area contributed by atoms with Crippen LogP contribution in [0, 0.1) is 0 Å². The van der Waals surface area contributed by atoms with Crippen molar-refractivity contribution in [2.45, 2.75) is 26.3 Å². The molecule has 0 saturated carbocycles. The summed E-state index contributed by atoms with van der Waals surface area (Å²) in [6, 6.07) is 5.70. The van der Waals surface area contributed by atoms with E-state index in [2.05, 4.69) is 12.2 Å². The van der Waals surface area contributed by atoms with Crippen LogP contribution in [0.3, 0.4) is 0 Å². The molecule has 4 heteroatoms. The summed E-state index contributed by atoms with van der Waals surface area (Å²) >= 11 is 0. The van der Waals surface area contributed by atoms with E-state index in [1.165, 1.54) is 0 Å². The maximum Gasteiger partial charge on any atom is 0.322 e. The highest BCUT2D eigenvalue weighted by Crippen LogP contribution is 2.32. The van der Waals surface area contributed by atoms with Crippen LogP contribution in [0.2, 0.25) is 0 Å². The van der Waals surface area contributed by atoms with E-state index < -0.39 is 0 Å². The molecule has 0 aromatic heterocycles. The summed E-state index contributed by atoms with van der Waals surface area (Å²) in [7, 11) is 0. The van der Waals surface area contributed by atoms with Gasteiger partial charge in [-0.2, -0.15) is 0 Å². The summed E-state index contributed by atoms with van der Waals surface area (Å²) < 4.78 is 0. The van der Waals surface area contributed by atoms with E-state index in [1.807, 2.05) is 25.1 Å². The van der Waals surface area contributed by atoms with Crippen LogP contribution in [0.4, 0.5) is 16.2 Å². The van der Waals surface area contributed by atoms with E-state index in [4.69, 9.17) is 5.73 Å². The molecule has 0 fully saturated rings. The highest BCUT2D eigenvalue weighted by atomic mass is 16.2. The molecule has 1 atom stereocenters. The average molecular weight is 219 g/mol. The van der Waals surface area contributed by atoms with Gasteiger partial charge in [-0.05, 0) is 31.5 Å². The number of benzene rings is 1. The first-order chi connectivity index (χ1) is 7.63. The van der Waals surface area contributed by atoms with Gasteiger partial charge in [-0.25, -0.2) is 4.79 Å². The summed E-state index contributed by atoms with van der Waals surface area (Å²) in [5, 5.41) is 2.93. The Labute approximate surface area is 95.4 Å². The van der Waals surface area contributed by atoms with E-state index in [9.17, 15) is 4.79 Å². The van der Waals surface area contributed by atoms with Crippen LogP contribution < -0.4 is 16.0 Å². The molecular formula is C12H17N3O. The lowest BCUT2D eigenvalue weighted by molar-refractivity contribution is 0.241. The van der Waals surface area contributed by atoms with Crippen LogP contribution in [0.15, 0.2) is 18.2 Å². The number of hydrogen-bond acceptors (Lipinski definition) is 2. The number of nitrogen functional groups attached to an aromatic ring is 1. The summed E-state index contributed by atoms with van der Waals surface area (Å²) in [6.45, 7) is 4.76. The Balaban J connectivity index is 2.46. The van der Waals surface area contributed by atoms with Crippen molar-refractivity contribution in [1.29, 1.82) is 0 Å². The number of anilines is 2. The van der Waals surface area contributed by atoms with Gasteiger partial charge in [0.05, 0.1) is 11.7 Å². The van der Waals surface area contributed by atoms with Crippen molar-refractivity contribution in [2.24, 2.45) is 0 Å². The number of nitrogens with two attached hydrogens (primary N) is 1. The molecule has 16 heavy (non-hydrogen) atoms. The summed E-state index contributed by atoms with van der Waals surface area (Å²) in [5.41, 5.74) is 8.57. The first kappa shape index (κ1) is 10.8. The molecule has 1 aromatic carbocycles. The van der Waals surface area contributed by atoms with Crippen molar-refractivity contribution in [3.05, 3.63) is 23.8 Å². The van der Waals surface area contributed by atoms with E-state index in [0.717, 1.165) is 29.9 Å². The lowest BCUT2D eigenvalue weighted by Crippen LogP contribution is -2.46. The second kappa shape index (κ2) is 4.04. The maximum absolute atomic E-state index is 11.8. The minimum absolute atomic E-state index is 0.0216. The molecule has 0 bridgehead atoms. The fraction of sp³-hybridized carbons (Fsp3) is 0.417. The number of urea groups is 1. The van der Waals surface area contributed by atoms with Crippen LogP contribution in [-0.4, -0.2) is 12.6 Å². The lowest BCUT2D eigenvalue weighted by atomic mass is 10.0. The molecule has 0 spiro atoms. The minimum Gasteiger partial charge on any atom is -0.399 e. The van der Waals surface area contributed by atoms with Crippen molar-refractivity contribution in [1.82, 2.24) is 5.32 Å². The zero-order chi connectivity index (χ0) is 11.7. The Morgan fingerprint density at radius 2 is 2.25 bits per heavy atom. The van der Waals surface area contributed by atoms with Gasteiger partial charge in [0.25, 0.3) is 0 Å². The monoisotopic (exact) mass is 219 g/mol. The van der Waals surface area contributed by atoms with E-state index in [-0.39, 0.29) is 12.1 Å². The van der Waals surface area contributed by atoms with Crippen molar-refractivity contribution in [3.63, 3.8) is 0 Å². The highest BCUT2D eigenvalue weighted by molar-refractivity contribution is 5.95. The molecule has 4 nitrogen and oxygen atoms in total. The SMILES string of the molecule is CCCN1C(=O)NC(C)c2cc(N)ccc21. The standard InChI is InChI=1S/C12H17N3O/c1-3-6-15-11-5-4-9(13)7-10(11)8(2)14-12(15)16/h4-5,7-8H,3,6,13H2,1-2H3,(H,14,16). The van der Waals surface area contributed by atoms with Gasteiger partial charge < -0.3 is 11.1 Å². The number of rotatable bonds is 2. The van der Waals surface area contributed by atoms with Crippen molar-refractivity contribution < 1.29 is 4.79 Å². The topological polar surface area (TPSA) is 58.4 Å². The van der Waals surface area contributed by atoms with Crippen molar-refractivity contribution >= 4 is 17.4 Å². The molecule has 1 aromatic rings. The average Bonchev–Trinajstić information content (AvgIpc) is 2.24. The second-order valence-electron chi connectivity index (χ2n) is 4.14. The first-order valence-corrected chi connectivity index (χ1v) is 5.61. The third-order valence-corrected chi connectivity index (χ3v) is 2.84. The molecule has 1 aliphatic rings. The van der Waals surface area contributed by atoms with Crippen molar-refractivity contribution in [3.8, 4) is 0 Å². The molecule has 2 rings (SSSR count). The highest BCUT2D eigenvalue weighted by Gasteiger charge is 2.27. The molecule has 0 radical (unpaired) electrons. The lowest BCUT2D eigenvalue weighted by Gasteiger charge is -2.33. The quantitative estimate of drug-likeness (QED) is 0.750. The number of carbonyl (C=O) groups is 1. The number of carbonyl (C=O) groups excluding carboxylic acids is 1. The molecule has 1 unspecified atom stereocenters. The summed E-state index contributed by atoms with van der Waals surface area (Å²) in [5.74, 6) is 0. The van der Waals surface area contributed by atoms with Gasteiger partial charge in [0, 0.05) is 17.8 Å². The van der Waals surface area contributed by atoms with Gasteiger partial charge >= 0.3 is 6.03 Å². The zero-order valence-corrected chi connectivity index (χ0v) is 9.66. The van der Waals surface area contributed by atoms with Crippen LogP contribution in [0.1, 0.15) is 31.9 Å². The minimum atomic E-state index is -0.0216. The van der Waals surface area contributed by atoms with Gasteiger partial charge in [-0.3, -0.25) is 4.90 Å². The fourth-order valence-corrected chi connectivity index (χ4v) is 2.06. The Bertz CT molecular complexity index is 417. The predicted molar refractivity (Wildman–Crippen MR) is 65.4 cm³/mol. The largest absolute Gasteiger partial charge is 0.399 e. The third-order valence-electron chi connectivity index (χ3n) is 2.84. The normalized spacial score (nSPS) is 19.2. The summed E-state index contributed by atoms with van der Waals surface area (Å²) in [4.78, 5) is 13.6. The van der Waals surface area contributed by atoms with Gasteiger partial charge in [-0.1, -0.05) is 6.92 Å². The second-order valence-corrected chi connectivity index (χ2v) is 4.14. The zero-order valence-electron chi connectivity index (χ0n) is 9.66. The van der Waals surface area contributed by atoms with Gasteiger partial charge in [0.15, 0.2) is 0 Å². The van der Waals surface area contributed by atoms with Gasteiger partial charge in [-0.15, -0.1) is 0 Å². The third kappa shape index (κ3) is 1.71. The van der Waals surface area contributed by atoms with Crippen LogP contribution >= 0.6 is 0 Å². The molecule has 0 aliphatic carbocycles. The Morgan fingerprint density at radius 1 is 1.50 bits per heavy atom.